The molecule has 23 heavy (non-hydrogen) atoms. The van der Waals surface area contributed by atoms with E-state index in [0.29, 0.717) is 22.8 Å². The molecule has 6 heteroatoms. The molecule has 0 atom stereocenters. The lowest BCUT2D eigenvalue weighted by atomic mass is 10.1. The van der Waals surface area contributed by atoms with Crippen molar-refractivity contribution in [1.82, 2.24) is 5.32 Å². The molecule has 0 aliphatic rings. The first-order chi connectivity index (χ1) is 11.1. The minimum atomic E-state index is -0.565. The second-order valence-corrected chi connectivity index (χ2v) is 4.66. The van der Waals surface area contributed by atoms with Gasteiger partial charge in [-0.2, -0.15) is 0 Å². The van der Waals surface area contributed by atoms with Crippen molar-refractivity contribution in [3.63, 3.8) is 0 Å². The van der Waals surface area contributed by atoms with E-state index >= 15 is 0 Å². The number of benzene rings is 2. The van der Waals surface area contributed by atoms with Gasteiger partial charge in [-0.15, -0.1) is 0 Å². The van der Waals surface area contributed by atoms with Crippen LogP contribution in [0.5, 0.6) is 17.2 Å². The van der Waals surface area contributed by atoms with E-state index in [9.17, 15) is 9.18 Å². The number of rotatable bonds is 6. The van der Waals surface area contributed by atoms with Gasteiger partial charge in [-0.1, -0.05) is 12.1 Å². The summed E-state index contributed by atoms with van der Waals surface area (Å²) in [5.74, 6) is 0.353. The number of ether oxygens (including phenoxy) is 3. The summed E-state index contributed by atoms with van der Waals surface area (Å²) in [4.78, 5) is 12.1. The molecule has 122 valence electrons. The van der Waals surface area contributed by atoms with Crippen LogP contribution in [0.15, 0.2) is 36.4 Å². The zero-order chi connectivity index (χ0) is 16.8. The largest absolute Gasteiger partial charge is 0.493 e. The first-order valence-corrected chi connectivity index (χ1v) is 6.93. The molecule has 0 aromatic heterocycles. The third kappa shape index (κ3) is 3.53. The Morgan fingerprint density at radius 2 is 1.70 bits per heavy atom. The fraction of sp³-hybridized carbons (Fsp3) is 0.235. The van der Waals surface area contributed by atoms with Crippen molar-refractivity contribution in [1.29, 1.82) is 0 Å². The molecule has 0 bridgehead atoms. The average molecular weight is 319 g/mol. The molecule has 2 aromatic rings. The molecule has 2 aromatic carbocycles. The monoisotopic (exact) mass is 319 g/mol. The smallest absolute Gasteiger partial charge is 0.254 e. The number of hydrogen-bond donors (Lipinski definition) is 1. The molecule has 0 aliphatic carbocycles. The van der Waals surface area contributed by atoms with Crippen molar-refractivity contribution in [3.05, 3.63) is 53.3 Å². The summed E-state index contributed by atoms with van der Waals surface area (Å²) >= 11 is 0. The van der Waals surface area contributed by atoms with E-state index in [0.717, 1.165) is 0 Å². The Bertz CT molecular complexity index is 703. The molecular weight excluding hydrogens is 301 g/mol. The molecule has 0 spiro atoms. The average Bonchev–Trinajstić information content (AvgIpc) is 2.58. The molecule has 2 rings (SSSR count). The Morgan fingerprint density at radius 3 is 2.30 bits per heavy atom. The molecule has 0 radical (unpaired) electrons. The Labute approximate surface area is 134 Å². The SMILES string of the molecule is COc1ccc(CNC(=O)c2ccccc2F)c(OC)c1OC. The summed E-state index contributed by atoms with van der Waals surface area (Å²) in [5, 5.41) is 2.66. The van der Waals surface area contributed by atoms with Gasteiger partial charge in [0.15, 0.2) is 11.5 Å². The molecule has 0 aliphatic heterocycles. The van der Waals surface area contributed by atoms with E-state index in [4.69, 9.17) is 14.2 Å². The Kier molecular flexibility index (Phi) is 5.41. The van der Waals surface area contributed by atoms with Crippen molar-refractivity contribution >= 4 is 5.91 Å². The highest BCUT2D eigenvalue weighted by Crippen LogP contribution is 2.39. The van der Waals surface area contributed by atoms with Gasteiger partial charge in [0.05, 0.1) is 26.9 Å². The second-order valence-electron chi connectivity index (χ2n) is 4.66. The molecular formula is C17H18FNO4. The highest BCUT2D eigenvalue weighted by molar-refractivity contribution is 5.94. The summed E-state index contributed by atoms with van der Waals surface area (Å²) in [7, 11) is 4.53. The molecule has 1 amide bonds. The highest BCUT2D eigenvalue weighted by atomic mass is 19.1. The lowest BCUT2D eigenvalue weighted by Gasteiger charge is -2.16. The number of carbonyl (C=O) groups is 1. The first-order valence-electron chi connectivity index (χ1n) is 6.93. The third-order valence-corrected chi connectivity index (χ3v) is 3.34. The standard InChI is InChI=1S/C17H18FNO4/c1-21-14-9-8-11(15(22-2)16(14)23-3)10-19-17(20)12-6-4-5-7-13(12)18/h4-9H,10H2,1-3H3,(H,19,20). The van der Waals surface area contributed by atoms with Crippen molar-refractivity contribution in [3.8, 4) is 17.2 Å². The summed E-state index contributed by atoms with van der Waals surface area (Å²) in [6, 6.07) is 9.27. The van der Waals surface area contributed by atoms with Gasteiger partial charge >= 0.3 is 0 Å². The summed E-state index contributed by atoms with van der Waals surface area (Å²) in [5.41, 5.74) is 0.682. The minimum absolute atomic E-state index is 0.00746. The molecule has 0 fully saturated rings. The van der Waals surface area contributed by atoms with E-state index in [2.05, 4.69) is 5.32 Å². The minimum Gasteiger partial charge on any atom is -0.493 e. The van der Waals surface area contributed by atoms with Gasteiger partial charge in [-0.25, -0.2) is 4.39 Å². The fourth-order valence-corrected chi connectivity index (χ4v) is 2.22. The van der Waals surface area contributed by atoms with Crippen molar-refractivity contribution < 1.29 is 23.4 Å². The van der Waals surface area contributed by atoms with Crippen LogP contribution in [0.25, 0.3) is 0 Å². The van der Waals surface area contributed by atoms with Crippen molar-refractivity contribution in [2.24, 2.45) is 0 Å². The van der Waals surface area contributed by atoms with Crippen LogP contribution in [0.4, 0.5) is 4.39 Å². The summed E-state index contributed by atoms with van der Waals surface area (Å²) in [6.07, 6.45) is 0. The van der Waals surface area contributed by atoms with Gasteiger partial charge in [0.1, 0.15) is 5.82 Å². The van der Waals surface area contributed by atoms with Crippen molar-refractivity contribution in [2.75, 3.05) is 21.3 Å². The van der Waals surface area contributed by atoms with Gasteiger partial charge < -0.3 is 19.5 Å². The van der Waals surface area contributed by atoms with E-state index in [1.54, 1.807) is 18.2 Å². The molecule has 5 nitrogen and oxygen atoms in total. The number of amides is 1. The van der Waals surface area contributed by atoms with Gasteiger partial charge in [0, 0.05) is 12.1 Å². The van der Waals surface area contributed by atoms with Crippen LogP contribution in [-0.4, -0.2) is 27.2 Å². The number of hydrogen-bond acceptors (Lipinski definition) is 4. The Hall–Kier alpha value is -2.76. The van der Waals surface area contributed by atoms with Crippen LogP contribution in [0.2, 0.25) is 0 Å². The lowest BCUT2D eigenvalue weighted by molar-refractivity contribution is 0.0946. The number of nitrogens with one attached hydrogen (secondary N) is 1. The molecule has 1 N–H and O–H groups in total. The number of carbonyl (C=O) groups excluding carboxylic acids is 1. The van der Waals surface area contributed by atoms with E-state index in [-0.39, 0.29) is 12.1 Å². The quantitative estimate of drug-likeness (QED) is 0.889. The topological polar surface area (TPSA) is 56.8 Å². The van der Waals surface area contributed by atoms with Crippen LogP contribution in [0, 0.1) is 5.82 Å². The second kappa shape index (κ2) is 7.49. The van der Waals surface area contributed by atoms with Crippen LogP contribution >= 0.6 is 0 Å². The van der Waals surface area contributed by atoms with Crippen LogP contribution in [-0.2, 0) is 6.54 Å². The van der Waals surface area contributed by atoms with E-state index in [1.165, 1.54) is 39.5 Å². The van der Waals surface area contributed by atoms with Gasteiger partial charge in [0.2, 0.25) is 5.75 Å². The molecule has 0 saturated heterocycles. The maximum Gasteiger partial charge on any atom is 0.254 e. The first kappa shape index (κ1) is 16.6. The Balaban J connectivity index is 2.21. The maximum atomic E-state index is 13.6. The predicted molar refractivity (Wildman–Crippen MR) is 83.7 cm³/mol. The van der Waals surface area contributed by atoms with Crippen LogP contribution in [0.1, 0.15) is 15.9 Å². The summed E-state index contributed by atoms with van der Waals surface area (Å²) < 4.78 is 29.4. The number of methoxy groups -OCH3 is 3. The molecule has 0 saturated carbocycles. The van der Waals surface area contributed by atoms with Crippen LogP contribution in [0.3, 0.4) is 0 Å². The Morgan fingerprint density at radius 1 is 1.00 bits per heavy atom. The molecule has 0 unspecified atom stereocenters. The van der Waals surface area contributed by atoms with Gasteiger partial charge in [-0.3, -0.25) is 4.79 Å². The maximum absolute atomic E-state index is 13.6. The van der Waals surface area contributed by atoms with Crippen molar-refractivity contribution in [2.45, 2.75) is 6.54 Å². The molecule has 0 heterocycles. The zero-order valence-electron chi connectivity index (χ0n) is 13.2. The number of halogens is 1. The lowest BCUT2D eigenvalue weighted by Crippen LogP contribution is -2.24. The normalized spacial score (nSPS) is 10.1. The highest BCUT2D eigenvalue weighted by Gasteiger charge is 2.17. The van der Waals surface area contributed by atoms with Gasteiger partial charge in [-0.05, 0) is 24.3 Å². The van der Waals surface area contributed by atoms with E-state index in [1.807, 2.05) is 0 Å². The zero-order valence-corrected chi connectivity index (χ0v) is 13.2. The van der Waals surface area contributed by atoms with Crippen LogP contribution < -0.4 is 19.5 Å². The summed E-state index contributed by atoms with van der Waals surface area (Å²) in [6.45, 7) is 0.163. The van der Waals surface area contributed by atoms with E-state index < -0.39 is 11.7 Å². The van der Waals surface area contributed by atoms with Gasteiger partial charge in [0.25, 0.3) is 5.91 Å². The fourth-order valence-electron chi connectivity index (χ4n) is 2.22. The third-order valence-electron chi connectivity index (χ3n) is 3.34. The predicted octanol–water partition coefficient (Wildman–Crippen LogP) is 2.78.